The summed E-state index contributed by atoms with van der Waals surface area (Å²) in [6, 6.07) is 22.8. The van der Waals surface area contributed by atoms with Crippen molar-refractivity contribution in [1.82, 2.24) is 15.0 Å². The third kappa shape index (κ3) is 3.50. The third-order valence-corrected chi connectivity index (χ3v) is 6.04. The highest BCUT2D eigenvalue weighted by atomic mass is 127. The Morgan fingerprint density at radius 3 is 2.57 bits per heavy atom. The second-order valence-electron chi connectivity index (χ2n) is 7.06. The number of hydrogen-bond donors (Lipinski definition) is 1. The molecule has 0 radical (unpaired) electrons. The van der Waals surface area contributed by atoms with Crippen LogP contribution < -0.4 is 11.0 Å². The van der Waals surface area contributed by atoms with E-state index >= 15 is 0 Å². The van der Waals surface area contributed by atoms with E-state index in [0.717, 1.165) is 20.5 Å². The highest BCUT2D eigenvalue weighted by molar-refractivity contribution is 14.1. The molecule has 7 heteroatoms. The molecule has 5 nitrogen and oxygen atoms in total. The van der Waals surface area contributed by atoms with Crippen molar-refractivity contribution >= 4 is 50.8 Å². The summed E-state index contributed by atoms with van der Waals surface area (Å²) in [6.45, 7) is 0. The molecular formula is C23H16ClIN4O. The molecule has 0 bridgehead atoms. The fourth-order valence-corrected chi connectivity index (χ4v) is 4.27. The van der Waals surface area contributed by atoms with Gasteiger partial charge in [0.2, 0.25) is 0 Å². The predicted octanol–water partition coefficient (Wildman–Crippen LogP) is 5.08. The van der Waals surface area contributed by atoms with E-state index in [1.54, 1.807) is 16.7 Å². The quantitative estimate of drug-likeness (QED) is 0.379. The molecule has 0 spiro atoms. The number of rotatable bonds is 3. The van der Waals surface area contributed by atoms with E-state index in [-0.39, 0.29) is 11.6 Å². The summed E-state index contributed by atoms with van der Waals surface area (Å²) in [7, 11) is 0. The lowest BCUT2D eigenvalue weighted by Gasteiger charge is -2.18. The molecule has 1 aliphatic rings. The minimum Gasteiger partial charge on any atom is -0.299 e. The first-order chi connectivity index (χ1) is 14.6. The zero-order chi connectivity index (χ0) is 20.7. The molecule has 0 saturated heterocycles. The number of fused-ring (bicyclic) bond motifs is 1. The molecule has 0 fully saturated rings. The van der Waals surface area contributed by atoms with E-state index in [9.17, 15) is 4.79 Å². The molecule has 148 valence electrons. The average molecular weight is 527 g/mol. The third-order valence-electron chi connectivity index (χ3n) is 5.11. The smallest absolute Gasteiger partial charge is 0.266 e. The van der Waals surface area contributed by atoms with Crippen molar-refractivity contribution < 1.29 is 0 Å². The van der Waals surface area contributed by atoms with Crippen molar-refractivity contribution in [3.05, 3.63) is 103 Å². The van der Waals surface area contributed by atoms with Crippen molar-refractivity contribution in [3.63, 3.8) is 0 Å². The maximum atomic E-state index is 13.5. The van der Waals surface area contributed by atoms with E-state index in [0.29, 0.717) is 28.2 Å². The number of benzene rings is 3. The Morgan fingerprint density at radius 1 is 1.03 bits per heavy atom. The standard InChI is InChI=1S/C23H16ClIN4O/c24-15-6-9-17(10-7-15)29-22(26-19-11-8-16(25)12-18(19)23(29)30)21-13-20(27-28-21)14-4-2-1-3-5-14/h1-12,21,28H,13H2. The Hall–Kier alpha value is -2.71. The molecule has 1 aromatic heterocycles. The molecule has 2 heterocycles. The summed E-state index contributed by atoms with van der Waals surface area (Å²) >= 11 is 8.28. The second kappa shape index (κ2) is 7.85. The van der Waals surface area contributed by atoms with Gasteiger partial charge in [0, 0.05) is 15.0 Å². The molecule has 5 rings (SSSR count). The van der Waals surface area contributed by atoms with Gasteiger partial charge in [0.15, 0.2) is 0 Å². The summed E-state index contributed by atoms with van der Waals surface area (Å²) < 4.78 is 2.65. The van der Waals surface area contributed by atoms with Crippen LogP contribution in [0.15, 0.2) is 82.7 Å². The van der Waals surface area contributed by atoms with Crippen LogP contribution in [0.5, 0.6) is 0 Å². The molecule has 30 heavy (non-hydrogen) atoms. The second-order valence-corrected chi connectivity index (χ2v) is 8.74. The fourth-order valence-electron chi connectivity index (χ4n) is 3.65. The van der Waals surface area contributed by atoms with Crippen molar-refractivity contribution in [1.29, 1.82) is 0 Å². The van der Waals surface area contributed by atoms with Crippen LogP contribution in [0.3, 0.4) is 0 Å². The molecule has 3 aromatic carbocycles. The summed E-state index contributed by atoms with van der Waals surface area (Å²) in [6.07, 6.45) is 0.639. The zero-order valence-electron chi connectivity index (χ0n) is 15.7. The molecule has 1 aliphatic heterocycles. The number of nitrogens with one attached hydrogen (secondary N) is 1. The SMILES string of the molecule is O=c1c2cc(I)ccc2nc(C2CC(c3ccccc3)=NN2)n1-c1ccc(Cl)cc1. The van der Waals surface area contributed by atoms with Gasteiger partial charge in [-0.25, -0.2) is 4.98 Å². The van der Waals surface area contributed by atoms with E-state index in [4.69, 9.17) is 16.6 Å². The van der Waals surface area contributed by atoms with E-state index in [1.807, 2.05) is 60.7 Å². The number of hydrazone groups is 1. The van der Waals surface area contributed by atoms with E-state index in [2.05, 4.69) is 33.1 Å². The van der Waals surface area contributed by atoms with E-state index in [1.165, 1.54) is 0 Å². The summed E-state index contributed by atoms with van der Waals surface area (Å²) in [4.78, 5) is 18.4. The predicted molar refractivity (Wildman–Crippen MR) is 129 cm³/mol. The normalized spacial score (nSPS) is 15.8. The molecule has 1 unspecified atom stereocenters. The summed E-state index contributed by atoms with van der Waals surface area (Å²) in [5, 5.41) is 5.73. The number of hydrogen-bond acceptors (Lipinski definition) is 4. The van der Waals surface area contributed by atoms with Gasteiger partial charge in [0.05, 0.1) is 22.3 Å². The molecule has 0 aliphatic carbocycles. The Balaban J connectivity index is 1.66. The number of aromatic nitrogens is 2. The minimum absolute atomic E-state index is 0.106. The van der Waals surface area contributed by atoms with Crippen LogP contribution in [0, 0.1) is 3.57 Å². The Bertz CT molecular complexity index is 1330. The van der Waals surface area contributed by atoms with Gasteiger partial charge in [0.1, 0.15) is 11.9 Å². The highest BCUT2D eigenvalue weighted by Gasteiger charge is 2.27. The lowest BCUT2D eigenvalue weighted by Crippen LogP contribution is -2.28. The van der Waals surface area contributed by atoms with Gasteiger partial charge in [-0.1, -0.05) is 41.9 Å². The van der Waals surface area contributed by atoms with E-state index < -0.39 is 0 Å². The Morgan fingerprint density at radius 2 is 1.80 bits per heavy atom. The molecule has 4 aromatic rings. The van der Waals surface area contributed by atoms with Crippen LogP contribution in [0.25, 0.3) is 16.6 Å². The first-order valence-corrected chi connectivity index (χ1v) is 10.9. The largest absolute Gasteiger partial charge is 0.299 e. The molecule has 1 N–H and O–H groups in total. The first-order valence-electron chi connectivity index (χ1n) is 9.46. The van der Waals surface area contributed by atoms with Crippen LogP contribution in [0.4, 0.5) is 0 Å². The van der Waals surface area contributed by atoms with Gasteiger partial charge in [-0.15, -0.1) is 0 Å². The fraction of sp³-hybridized carbons (Fsp3) is 0.0870. The maximum Gasteiger partial charge on any atom is 0.266 e. The van der Waals surface area contributed by atoms with Crippen molar-refractivity contribution in [2.24, 2.45) is 5.10 Å². The Labute approximate surface area is 191 Å². The van der Waals surface area contributed by atoms with Crippen LogP contribution in [-0.2, 0) is 0 Å². The van der Waals surface area contributed by atoms with Crippen molar-refractivity contribution in [3.8, 4) is 5.69 Å². The van der Waals surface area contributed by atoms with Gasteiger partial charge in [-0.3, -0.25) is 14.8 Å². The monoisotopic (exact) mass is 526 g/mol. The van der Waals surface area contributed by atoms with Crippen LogP contribution in [-0.4, -0.2) is 15.3 Å². The number of nitrogens with zero attached hydrogens (tertiary/aromatic N) is 3. The van der Waals surface area contributed by atoms with Gasteiger partial charge in [-0.05, 0) is 70.6 Å². The average Bonchev–Trinajstić information content (AvgIpc) is 3.26. The maximum absolute atomic E-state index is 13.5. The van der Waals surface area contributed by atoms with Gasteiger partial charge in [0.25, 0.3) is 5.56 Å². The Kier molecular flexibility index (Phi) is 5.04. The van der Waals surface area contributed by atoms with Gasteiger partial charge < -0.3 is 0 Å². The highest BCUT2D eigenvalue weighted by Crippen LogP contribution is 2.26. The minimum atomic E-state index is -0.215. The molecule has 1 atom stereocenters. The van der Waals surface area contributed by atoms with Crippen LogP contribution in [0.2, 0.25) is 5.02 Å². The van der Waals surface area contributed by atoms with Crippen molar-refractivity contribution in [2.75, 3.05) is 0 Å². The lowest BCUT2D eigenvalue weighted by molar-refractivity contribution is 0.565. The zero-order valence-corrected chi connectivity index (χ0v) is 18.6. The first kappa shape index (κ1) is 19.3. The number of halogens is 2. The van der Waals surface area contributed by atoms with Crippen molar-refractivity contribution in [2.45, 2.75) is 12.5 Å². The summed E-state index contributed by atoms with van der Waals surface area (Å²) in [5.41, 5.74) is 6.48. The van der Waals surface area contributed by atoms with Crippen LogP contribution >= 0.6 is 34.2 Å². The molecule has 0 saturated carbocycles. The lowest BCUT2D eigenvalue weighted by atomic mass is 10.0. The van der Waals surface area contributed by atoms with Gasteiger partial charge >= 0.3 is 0 Å². The summed E-state index contributed by atoms with van der Waals surface area (Å²) in [5.74, 6) is 0.630. The van der Waals surface area contributed by atoms with Crippen LogP contribution in [0.1, 0.15) is 23.9 Å². The molecule has 0 amide bonds. The molecular weight excluding hydrogens is 511 g/mol. The van der Waals surface area contributed by atoms with Gasteiger partial charge in [-0.2, -0.15) is 5.10 Å². The topological polar surface area (TPSA) is 59.3 Å².